The van der Waals surface area contributed by atoms with Crippen molar-refractivity contribution in [2.24, 2.45) is 23.7 Å². The maximum atomic E-state index is 13.4. The Morgan fingerprint density at radius 3 is 2.42 bits per heavy atom. The minimum Gasteiger partial charge on any atom is -0.347 e. The van der Waals surface area contributed by atoms with E-state index in [2.05, 4.69) is 53.6 Å². The van der Waals surface area contributed by atoms with Gasteiger partial charge in [0.15, 0.2) is 5.69 Å². The molecule has 0 spiro atoms. The monoisotopic (exact) mass is 436 g/mol. The SMILES string of the molecule is Cc1ccc(-c2cc3ncccc3c3cc(C(=O)NC4C5CC6CC(C5)CC4C6)nn23)cc1. The van der Waals surface area contributed by atoms with Crippen LogP contribution in [0, 0.1) is 30.6 Å². The van der Waals surface area contributed by atoms with Gasteiger partial charge in [-0.2, -0.15) is 5.10 Å². The molecule has 166 valence electrons. The summed E-state index contributed by atoms with van der Waals surface area (Å²) in [6, 6.07) is 16.7. The molecule has 0 aliphatic heterocycles. The number of carbonyl (C=O) groups is 1. The van der Waals surface area contributed by atoms with Crippen molar-refractivity contribution in [2.45, 2.75) is 45.1 Å². The first-order valence-electron chi connectivity index (χ1n) is 12.3. The third-order valence-electron chi connectivity index (χ3n) is 8.43. The van der Waals surface area contributed by atoms with E-state index in [0.29, 0.717) is 23.6 Å². The summed E-state index contributed by atoms with van der Waals surface area (Å²) >= 11 is 0. The van der Waals surface area contributed by atoms with E-state index in [9.17, 15) is 4.79 Å². The van der Waals surface area contributed by atoms with Crippen molar-refractivity contribution in [1.29, 1.82) is 0 Å². The Morgan fingerprint density at radius 2 is 1.70 bits per heavy atom. The zero-order chi connectivity index (χ0) is 22.1. The summed E-state index contributed by atoms with van der Waals surface area (Å²) in [5, 5.41) is 9.25. The van der Waals surface area contributed by atoms with Gasteiger partial charge in [-0.25, -0.2) is 4.52 Å². The first-order valence-corrected chi connectivity index (χ1v) is 12.3. The zero-order valence-corrected chi connectivity index (χ0v) is 18.9. The molecular weight excluding hydrogens is 408 g/mol. The first kappa shape index (κ1) is 19.3. The van der Waals surface area contributed by atoms with E-state index < -0.39 is 0 Å². The molecule has 3 aromatic heterocycles. The molecule has 33 heavy (non-hydrogen) atoms. The van der Waals surface area contributed by atoms with Crippen molar-refractivity contribution in [3.8, 4) is 11.3 Å². The minimum atomic E-state index is -0.0388. The Labute approximate surface area is 193 Å². The van der Waals surface area contributed by atoms with Gasteiger partial charge in [0.25, 0.3) is 5.91 Å². The van der Waals surface area contributed by atoms with Crippen LogP contribution in [0.5, 0.6) is 0 Å². The number of aromatic nitrogens is 3. The molecule has 3 heterocycles. The third kappa shape index (κ3) is 3.09. The normalized spacial score (nSPS) is 28.0. The van der Waals surface area contributed by atoms with Crippen molar-refractivity contribution < 1.29 is 4.79 Å². The summed E-state index contributed by atoms with van der Waals surface area (Å²) < 4.78 is 1.92. The van der Waals surface area contributed by atoms with Crippen molar-refractivity contribution in [3.05, 3.63) is 66.0 Å². The summed E-state index contributed by atoms with van der Waals surface area (Å²) in [5.41, 5.74) is 5.55. The number of hydrogen-bond donors (Lipinski definition) is 1. The minimum absolute atomic E-state index is 0.0388. The molecule has 1 amide bonds. The van der Waals surface area contributed by atoms with Crippen LogP contribution in [-0.2, 0) is 0 Å². The molecule has 5 nitrogen and oxygen atoms in total. The lowest BCUT2D eigenvalue weighted by Crippen LogP contribution is -2.55. The van der Waals surface area contributed by atoms with Crippen molar-refractivity contribution in [2.75, 3.05) is 0 Å². The predicted molar refractivity (Wildman–Crippen MR) is 129 cm³/mol. The number of carbonyl (C=O) groups excluding carboxylic acids is 1. The molecule has 4 aliphatic carbocycles. The van der Waals surface area contributed by atoms with Crippen molar-refractivity contribution in [3.63, 3.8) is 0 Å². The number of benzene rings is 1. The van der Waals surface area contributed by atoms with Crippen LogP contribution in [0.1, 0.15) is 48.2 Å². The molecule has 8 rings (SSSR count). The zero-order valence-electron chi connectivity index (χ0n) is 18.9. The third-order valence-corrected chi connectivity index (χ3v) is 8.43. The summed E-state index contributed by atoms with van der Waals surface area (Å²) in [7, 11) is 0. The lowest BCUT2D eigenvalue weighted by molar-refractivity contribution is -0.0120. The van der Waals surface area contributed by atoms with Gasteiger partial charge in [-0.15, -0.1) is 0 Å². The largest absolute Gasteiger partial charge is 0.347 e. The van der Waals surface area contributed by atoms with Gasteiger partial charge in [0.1, 0.15) is 0 Å². The van der Waals surface area contributed by atoms with Crippen LogP contribution in [0.4, 0.5) is 0 Å². The van der Waals surface area contributed by atoms with Gasteiger partial charge < -0.3 is 5.32 Å². The summed E-state index contributed by atoms with van der Waals surface area (Å²) in [6.07, 6.45) is 8.39. The van der Waals surface area contributed by atoms with Gasteiger partial charge >= 0.3 is 0 Å². The molecule has 0 saturated heterocycles. The molecule has 0 atom stereocenters. The number of hydrogen-bond acceptors (Lipinski definition) is 3. The molecule has 5 heteroatoms. The highest BCUT2D eigenvalue weighted by Crippen LogP contribution is 2.53. The molecule has 0 unspecified atom stereocenters. The average Bonchev–Trinajstić information content (AvgIpc) is 3.27. The number of pyridine rings is 2. The van der Waals surface area contributed by atoms with Gasteiger partial charge in [-0.3, -0.25) is 9.78 Å². The Balaban J connectivity index is 1.29. The van der Waals surface area contributed by atoms with Crippen molar-refractivity contribution >= 4 is 22.3 Å². The van der Waals surface area contributed by atoms with E-state index in [0.717, 1.165) is 39.5 Å². The average molecular weight is 437 g/mol. The number of rotatable bonds is 3. The number of amides is 1. The number of nitrogens with one attached hydrogen (secondary N) is 1. The molecule has 4 aromatic rings. The van der Waals surface area contributed by atoms with Crippen molar-refractivity contribution in [1.82, 2.24) is 19.9 Å². The van der Waals surface area contributed by atoms with Gasteiger partial charge in [0.2, 0.25) is 0 Å². The molecule has 4 bridgehead atoms. The molecule has 4 aliphatic rings. The highest BCUT2D eigenvalue weighted by atomic mass is 16.2. The molecule has 4 fully saturated rings. The smallest absolute Gasteiger partial charge is 0.272 e. The first-order chi connectivity index (χ1) is 16.1. The Hall–Kier alpha value is -3.21. The Kier molecular flexibility index (Phi) is 4.17. The van der Waals surface area contributed by atoms with E-state index in [4.69, 9.17) is 5.10 Å². The van der Waals surface area contributed by atoms with Crippen LogP contribution in [0.25, 0.3) is 27.7 Å². The van der Waals surface area contributed by atoms with Gasteiger partial charge in [-0.05, 0) is 87.0 Å². The van der Waals surface area contributed by atoms with Crippen LogP contribution in [0.15, 0.2) is 54.7 Å². The molecule has 1 N–H and O–H groups in total. The maximum absolute atomic E-state index is 13.4. The van der Waals surface area contributed by atoms with E-state index >= 15 is 0 Å². The lowest BCUT2D eigenvalue weighted by atomic mass is 9.54. The van der Waals surface area contributed by atoms with Crippen LogP contribution >= 0.6 is 0 Å². The summed E-state index contributed by atoms with van der Waals surface area (Å²) in [6.45, 7) is 2.09. The molecular formula is C28H28N4O. The lowest BCUT2D eigenvalue weighted by Gasteiger charge is -2.54. The van der Waals surface area contributed by atoms with E-state index in [-0.39, 0.29) is 5.91 Å². The molecule has 1 aromatic carbocycles. The second-order valence-corrected chi connectivity index (χ2v) is 10.6. The fourth-order valence-electron chi connectivity index (χ4n) is 7.12. The highest BCUT2D eigenvalue weighted by molar-refractivity contribution is 6.00. The highest BCUT2D eigenvalue weighted by Gasteiger charge is 2.48. The quantitative estimate of drug-likeness (QED) is 0.467. The Bertz CT molecular complexity index is 1360. The van der Waals surface area contributed by atoms with Crippen LogP contribution in [0.3, 0.4) is 0 Å². The van der Waals surface area contributed by atoms with E-state index in [1.165, 1.54) is 37.7 Å². The van der Waals surface area contributed by atoms with Gasteiger partial charge in [0, 0.05) is 23.2 Å². The van der Waals surface area contributed by atoms with Gasteiger partial charge in [0.05, 0.1) is 16.7 Å². The van der Waals surface area contributed by atoms with E-state index in [1.54, 1.807) is 0 Å². The van der Waals surface area contributed by atoms with E-state index in [1.807, 2.05) is 22.8 Å². The topological polar surface area (TPSA) is 59.3 Å². The van der Waals surface area contributed by atoms with Gasteiger partial charge in [-0.1, -0.05) is 29.8 Å². The number of nitrogens with zero attached hydrogens (tertiary/aromatic N) is 3. The van der Waals surface area contributed by atoms with Crippen LogP contribution < -0.4 is 5.32 Å². The standard InChI is InChI=1S/C28H28N4O/c1-16-4-6-19(7-5-16)25-14-23-22(3-2-8-29-23)26-15-24(31-32(25)26)28(33)30-27-20-10-17-9-18(12-20)13-21(27)11-17/h2-8,14-15,17-18,20-21,27H,9-13H2,1H3,(H,30,33). The fraction of sp³-hybridized carbons (Fsp3) is 0.393. The predicted octanol–water partition coefficient (Wildman–Crippen LogP) is 5.41. The summed E-state index contributed by atoms with van der Waals surface area (Å²) in [4.78, 5) is 18.0. The second-order valence-electron chi connectivity index (χ2n) is 10.6. The molecule has 4 saturated carbocycles. The summed E-state index contributed by atoms with van der Waals surface area (Å²) in [5.74, 6) is 3.05. The van der Waals surface area contributed by atoms with Crippen LogP contribution in [-0.4, -0.2) is 26.5 Å². The fourth-order valence-corrected chi connectivity index (χ4v) is 7.12. The molecule has 0 radical (unpaired) electrons. The van der Waals surface area contributed by atoms with Crippen LogP contribution in [0.2, 0.25) is 0 Å². The Morgan fingerprint density at radius 1 is 0.970 bits per heavy atom. The maximum Gasteiger partial charge on any atom is 0.272 e. The number of fused-ring (bicyclic) bond motifs is 3. The second kappa shape index (κ2) is 7.14. The number of aryl methyl sites for hydroxylation is 1.